The zero-order valence-electron chi connectivity index (χ0n) is 8.17. The zero-order chi connectivity index (χ0) is 9.84. The third kappa shape index (κ3) is 3.69. The van der Waals surface area contributed by atoms with Crippen molar-refractivity contribution in [3.63, 3.8) is 0 Å². The van der Waals surface area contributed by atoms with Gasteiger partial charge in [-0.2, -0.15) is 0 Å². The van der Waals surface area contributed by atoms with Gasteiger partial charge in [-0.1, -0.05) is 11.8 Å². The molecule has 1 aliphatic heterocycles. The highest BCUT2D eigenvalue weighted by molar-refractivity contribution is 8.00. The van der Waals surface area contributed by atoms with Gasteiger partial charge in [-0.05, 0) is 0 Å². The van der Waals surface area contributed by atoms with Gasteiger partial charge in [-0.15, -0.1) is 11.6 Å². The first-order chi connectivity index (χ1) is 6.15. The molecule has 82 valence electrons. The number of carbonyl (C=O) groups excluding carboxylic acids is 1. The van der Waals surface area contributed by atoms with Crippen LogP contribution >= 0.6 is 23.4 Å². The fraction of sp³-hybridized carbons (Fsp3) is 0.625. The lowest BCUT2D eigenvalue weighted by Crippen LogP contribution is -3.07. The van der Waals surface area contributed by atoms with Crippen molar-refractivity contribution < 1.29 is 22.1 Å². The van der Waals surface area contributed by atoms with Crippen LogP contribution in [0.15, 0.2) is 12.4 Å². The summed E-state index contributed by atoms with van der Waals surface area (Å²) >= 11 is 7.04. The van der Waals surface area contributed by atoms with E-state index in [-0.39, 0.29) is 24.1 Å². The first-order valence-corrected chi connectivity index (χ1v) is 5.66. The SMILES string of the molecule is CN1C=C[NH+](C)C1SCC(=O)CCl.[Cl-]. The van der Waals surface area contributed by atoms with Crippen LogP contribution in [0.25, 0.3) is 0 Å². The van der Waals surface area contributed by atoms with E-state index in [0.29, 0.717) is 11.3 Å². The number of quaternary nitrogens is 1. The van der Waals surface area contributed by atoms with Gasteiger partial charge in [-0.3, -0.25) is 9.69 Å². The van der Waals surface area contributed by atoms with Crippen LogP contribution in [0, 0.1) is 0 Å². The topological polar surface area (TPSA) is 24.8 Å². The van der Waals surface area contributed by atoms with Crippen molar-refractivity contribution in [3.8, 4) is 0 Å². The second-order valence-electron chi connectivity index (χ2n) is 3.06. The molecule has 0 aromatic heterocycles. The Labute approximate surface area is 99.9 Å². The quantitative estimate of drug-likeness (QED) is 0.535. The predicted octanol–water partition coefficient (Wildman–Crippen LogP) is -3.25. The molecule has 3 nitrogen and oxygen atoms in total. The lowest BCUT2D eigenvalue weighted by Gasteiger charge is -2.21. The second kappa shape index (κ2) is 6.56. The Morgan fingerprint density at radius 1 is 1.71 bits per heavy atom. The summed E-state index contributed by atoms with van der Waals surface area (Å²) in [5.74, 6) is 0.715. The molecule has 0 radical (unpaired) electrons. The number of alkyl halides is 1. The Morgan fingerprint density at radius 2 is 2.36 bits per heavy atom. The van der Waals surface area contributed by atoms with Gasteiger partial charge in [0.15, 0.2) is 5.78 Å². The van der Waals surface area contributed by atoms with E-state index in [9.17, 15) is 4.79 Å². The van der Waals surface area contributed by atoms with Crippen LogP contribution in [-0.2, 0) is 4.79 Å². The van der Waals surface area contributed by atoms with Crippen LogP contribution in [0.5, 0.6) is 0 Å². The summed E-state index contributed by atoms with van der Waals surface area (Å²) in [5.41, 5.74) is 0.312. The molecule has 0 spiro atoms. The normalized spacial score (nSPS) is 24.9. The lowest BCUT2D eigenvalue weighted by atomic mass is 10.5. The van der Waals surface area contributed by atoms with E-state index in [1.54, 1.807) is 11.8 Å². The maximum Gasteiger partial charge on any atom is 0.215 e. The van der Waals surface area contributed by atoms with E-state index in [1.165, 1.54) is 4.90 Å². The van der Waals surface area contributed by atoms with Crippen LogP contribution in [0.2, 0.25) is 0 Å². The minimum Gasteiger partial charge on any atom is -1.00 e. The molecule has 1 N–H and O–H groups in total. The third-order valence-electron chi connectivity index (χ3n) is 1.88. The molecule has 0 amide bonds. The average Bonchev–Trinajstić information content (AvgIpc) is 2.43. The second-order valence-corrected chi connectivity index (χ2v) is 4.40. The number of rotatable bonds is 4. The molecule has 1 rings (SSSR count). The minimum atomic E-state index is 0. The molecule has 0 saturated carbocycles. The van der Waals surface area contributed by atoms with Gasteiger partial charge in [0.05, 0.1) is 24.9 Å². The van der Waals surface area contributed by atoms with Crippen LogP contribution in [0.1, 0.15) is 0 Å². The summed E-state index contributed by atoms with van der Waals surface area (Å²) < 4.78 is 0. The molecule has 6 heteroatoms. The molecule has 0 fully saturated rings. The Bertz CT molecular complexity index is 213. The predicted molar refractivity (Wildman–Crippen MR) is 55.8 cm³/mol. The summed E-state index contributed by atoms with van der Waals surface area (Å²) in [7, 11) is 4.08. The fourth-order valence-electron chi connectivity index (χ4n) is 1.18. The summed E-state index contributed by atoms with van der Waals surface area (Å²) in [5, 5.41) is 0. The molecule has 0 saturated heterocycles. The van der Waals surface area contributed by atoms with Gasteiger partial charge in [0.2, 0.25) is 5.50 Å². The molecule has 2 atom stereocenters. The molecule has 0 aromatic carbocycles. The largest absolute Gasteiger partial charge is 1.00 e. The number of hydrogen-bond donors (Lipinski definition) is 1. The number of thioether (sulfide) groups is 1. The molecule has 1 aliphatic rings. The van der Waals surface area contributed by atoms with Gasteiger partial charge in [0.25, 0.3) is 0 Å². The maximum atomic E-state index is 11.0. The Balaban J connectivity index is 0.00000169. The molecule has 0 aliphatic carbocycles. The summed E-state index contributed by atoms with van der Waals surface area (Å²) in [6.07, 6.45) is 4.10. The van der Waals surface area contributed by atoms with Crippen molar-refractivity contribution in [3.05, 3.63) is 12.4 Å². The number of nitrogens with zero attached hydrogens (tertiary/aromatic N) is 1. The standard InChI is InChI=1S/C8H13ClN2OS.ClH/c1-10-3-4-11(2)8(10)13-6-7(12)5-9;/h3-4,8H,5-6H2,1-2H3;1H. The van der Waals surface area contributed by atoms with Gasteiger partial charge < -0.3 is 17.3 Å². The number of Topliss-reactive ketones (excluding diaryl/α,β-unsaturated/α-hetero) is 1. The summed E-state index contributed by atoms with van der Waals surface area (Å²) in [6.45, 7) is 0. The molecule has 2 unspecified atom stereocenters. The van der Waals surface area contributed by atoms with E-state index in [0.717, 1.165) is 0 Å². The highest BCUT2D eigenvalue weighted by Crippen LogP contribution is 2.12. The van der Waals surface area contributed by atoms with Gasteiger partial charge in [0.1, 0.15) is 6.20 Å². The van der Waals surface area contributed by atoms with Crippen molar-refractivity contribution in [1.29, 1.82) is 0 Å². The minimum absolute atomic E-state index is 0. The number of carbonyl (C=O) groups is 1. The lowest BCUT2D eigenvalue weighted by molar-refractivity contribution is -0.838. The molecular formula is C8H14Cl2N2OS. The van der Waals surface area contributed by atoms with Crippen LogP contribution in [0.4, 0.5) is 0 Å². The van der Waals surface area contributed by atoms with Gasteiger partial charge in [0, 0.05) is 7.05 Å². The molecule has 14 heavy (non-hydrogen) atoms. The Kier molecular flexibility index (Phi) is 6.61. The zero-order valence-corrected chi connectivity index (χ0v) is 10.5. The fourth-order valence-corrected chi connectivity index (χ4v) is 2.48. The molecule has 0 aromatic rings. The van der Waals surface area contributed by atoms with Crippen molar-refractivity contribution >= 4 is 29.1 Å². The van der Waals surface area contributed by atoms with Crippen LogP contribution in [-0.4, -0.2) is 41.9 Å². The molecule has 1 heterocycles. The van der Waals surface area contributed by atoms with E-state index in [2.05, 4.69) is 18.1 Å². The van der Waals surface area contributed by atoms with Crippen LogP contribution < -0.4 is 17.3 Å². The van der Waals surface area contributed by atoms with Crippen molar-refractivity contribution in [2.45, 2.75) is 5.50 Å². The molecular weight excluding hydrogens is 243 g/mol. The smallest absolute Gasteiger partial charge is 0.215 e. The number of hydrogen-bond acceptors (Lipinski definition) is 3. The summed E-state index contributed by atoms with van der Waals surface area (Å²) in [6, 6.07) is 0. The van der Waals surface area contributed by atoms with Gasteiger partial charge >= 0.3 is 0 Å². The van der Waals surface area contributed by atoms with E-state index in [1.807, 2.05) is 13.2 Å². The summed E-state index contributed by atoms with van der Waals surface area (Å²) in [4.78, 5) is 14.4. The van der Waals surface area contributed by atoms with E-state index < -0.39 is 0 Å². The van der Waals surface area contributed by atoms with Crippen molar-refractivity contribution in [1.82, 2.24) is 4.90 Å². The first-order valence-electron chi connectivity index (χ1n) is 4.08. The number of halogens is 2. The van der Waals surface area contributed by atoms with Crippen molar-refractivity contribution in [2.75, 3.05) is 25.7 Å². The monoisotopic (exact) mass is 256 g/mol. The number of nitrogens with one attached hydrogen (secondary N) is 1. The van der Waals surface area contributed by atoms with E-state index >= 15 is 0 Å². The third-order valence-corrected chi connectivity index (χ3v) is 3.69. The Morgan fingerprint density at radius 3 is 2.79 bits per heavy atom. The first kappa shape index (κ1) is 14.1. The Hall–Kier alpha value is 0.1000. The highest BCUT2D eigenvalue weighted by atomic mass is 35.5. The highest BCUT2D eigenvalue weighted by Gasteiger charge is 2.26. The van der Waals surface area contributed by atoms with Crippen molar-refractivity contribution in [2.24, 2.45) is 0 Å². The van der Waals surface area contributed by atoms with Crippen LogP contribution in [0.3, 0.4) is 0 Å². The average molecular weight is 257 g/mol. The number of ketones is 1. The maximum absolute atomic E-state index is 11.0. The van der Waals surface area contributed by atoms with Gasteiger partial charge in [-0.25, -0.2) is 0 Å². The van der Waals surface area contributed by atoms with E-state index in [4.69, 9.17) is 11.6 Å². The molecule has 0 bridgehead atoms.